The van der Waals surface area contributed by atoms with Gasteiger partial charge in [-0.3, -0.25) is 4.79 Å². The van der Waals surface area contributed by atoms with Crippen molar-refractivity contribution in [3.8, 4) is 22.6 Å². The van der Waals surface area contributed by atoms with Crippen LogP contribution in [0.25, 0.3) is 21.9 Å². The van der Waals surface area contributed by atoms with Gasteiger partial charge in [-0.1, -0.05) is 35.9 Å². The Labute approximate surface area is 202 Å². The lowest BCUT2D eigenvalue weighted by Crippen LogP contribution is -2.28. The second-order valence-electron chi connectivity index (χ2n) is 7.62. The van der Waals surface area contributed by atoms with E-state index < -0.39 is 17.5 Å². The van der Waals surface area contributed by atoms with Crippen molar-refractivity contribution >= 4 is 45.9 Å². The maximum absolute atomic E-state index is 15.0. The number of fused-ring (bicyclic) bond motifs is 7. The van der Waals surface area contributed by atoms with Gasteiger partial charge in [-0.05, 0) is 53.1 Å². The van der Waals surface area contributed by atoms with E-state index in [1.54, 1.807) is 12.1 Å². The van der Waals surface area contributed by atoms with Gasteiger partial charge < -0.3 is 19.9 Å². The molecule has 0 radical (unpaired) electrons. The number of anilines is 1. The second-order valence-corrected chi connectivity index (χ2v) is 8.88. The van der Waals surface area contributed by atoms with E-state index in [2.05, 4.69) is 10.0 Å². The molecule has 1 aliphatic rings. The molecule has 0 unspecified atom stereocenters. The van der Waals surface area contributed by atoms with Crippen LogP contribution in [0, 0.1) is 11.6 Å². The van der Waals surface area contributed by atoms with Gasteiger partial charge in [-0.25, -0.2) is 8.78 Å². The molecule has 9 heteroatoms. The van der Waals surface area contributed by atoms with Crippen molar-refractivity contribution in [3.05, 3.63) is 82.9 Å². The summed E-state index contributed by atoms with van der Waals surface area (Å²) in [4.78, 5) is 12.8. The minimum absolute atomic E-state index is 0.0132. The molecular weight excluding hydrogens is 482 g/mol. The number of halogens is 3. The van der Waals surface area contributed by atoms with E-state index in [-0.39, 0.29) is 45.6 Å². The highest BCUT2D eigenvalue weighted by atomic mass is 35.5. The minimum Gasteiger partial charge on any atom is -0.505 e. The summed E-state index contributed by atoms with van der Waals surface area (Å²) in [5.41, 5.74) is 0.784. The number of carbonyl (C=O) groups is 1. The Morgan fingerprint density at radius 1 is 0.971 bits per heavy atom. The van der Waals surface area contributed by atoms with Crippen molar-refractivity contribution in [3.63, 3.8) is 0 Å². The van der Waals surface area contributed by atoms with Crippen molar-refractivity contribution in [1.82, 2.24) is 5.32 Å². The third-order valence-corrected chi connectivity index (χ3v) is 6.54. The van der Waals surface area contributed by atoms with Crippen molar-refractivity contribution in [1.29, 1.82) is 0 Å². The Balaban J connectivity index is 1.66. The minimum atomic E-state index is -0.819. The molecule has 1 heterocycles. The number of aromatic hydroxyl groups is 1. The number of phenols is 1. The quantitative estimate of drug-likeness (QED) is 0.245. The summed E-state index contributed by atoms with van der Waals surface area (Å²) < 4.78 is 38.4. The fraction of sp³-hybridized carbons (Fsp3) is 0.0800. The molecule has 4 aromatic rings. The number of rotatable bonds is 0. The van der Waals surface area contributed by atoms with Crippen LogP contribution in [0.5, 0.6) is 11.5 Å². The van der Waals surface area contributed by atoms with Gasteiger partial charge in [0.1, 0.15) is 29.7 Å². The van der Waals surface area contributed by atoms with E-state index >= 15 is 0 Å². The lowest BCUT2D eigenvalue weighted by atomic mass is 9.99. The van der Waals surface area contributed by atoms with E-state index in [0.29, 0.717) is 11.3 Å². The van der Waals surface area contributed by atoms with Crippen LogP contribution in [0.1, 0.15) is 10.4 Å². The topological polar surface area (TPSA) is 70.6 Å². The van der Waals surface area contributed by atoms with E-state index in [4.69, 9.17) is 16.3 Å². The Kier molecular flexibility index (Phi) is 5.93. The molecular formula is C25H17ClF2N2O3S. The van der Waals surface area contributed by atoms with Crippen LogP contribution in [0.2, 0.25) is 5.02 Å². The van der Waals surface area contributed by atoms with Gasteiger partial charge in [-0.2, -0.15) is 0 Å². The molecule has 0 atom stereocenters. The number of phenolic OH excluding ortho intramolecular Hbond substituents is 1. The maximum atomic E-state index is 15.0. The summed E-state index contributed by atoms with van der Waals surface area (Å²) >= 11 is 6.94. The molecule has 0 spiro atoms. The molecule has 3 N–H and O–H groups in total. The van der Waals surface area contributed by atoms with Crippen LogP contribution in [0.4, 0.5) is 14.5 Å². The van der Waals surface area contributed by atoms with Crippen molar-refractivity contribution in [2.75, 3.05) is 17.9 Å². The molecule has 0 saturated heterocycles. The first-order valence-electron chi connectivity index (χ1n) is 10.3. The highest BCUT2D eigenvalue weighted by Gasteiger charge is 2.19. The van der Waals surface area contributed by atoms with Crippen molar-refractivity contribution in [2.45, 2.75) is 4.90 Å². The summed E-state index contributed by atoms with van der Waals surface area (Å²) in [5.74, 6) is -1.85. The second kappa shape index (κ2) is 9.04. The molecule has 5 rings (SSSR count). The van der Waals surface area contributed by atoms with Gasteiger partial charge in [-0.15, -0.1) is 0 Å². The summed E-state index contributed by atoms with van der Waals surface area (Å²) in [6.07, 6.45) is 0. The zero-order valence-corrected chi connectivity index (χ0v) is 19.1. The molecule has 0 aliphatic carbocycles. The SMILES string of the molecule is O=C1NCCOc2cc3ccccc3cc2-c2cc(c(F)cc2F)NSc2cc1cc(Cl)c2O. The fourth-order valence-electron chi connectivity index (χ4n) is 3.70. The lowest BCUT2D eigenvalue weighted by molar-refractivity contribution is 0.0947. The Bertz CT molecular complexity index is 1450. The summed E-state index contributed by atoms with van der Waals surface area (Å²) in [6.45, 7) is 0.278. The molecule has 5 nitrogen and oxygen atoms in total. The van der Waals surface area contributed by atoms with E-state index in [1.165, 1.54) is 18.2 Å². The Hall–Kier alpha value is -3.49. The average molecular weight is 499 g/mol. The number of hydrogen-bond donors (Lipinski definition) is 3. The Morgan fingerprint density at radius 3 is 2.53 bits per heavy atom. The highest BCUT2D eigenvalue weighted by Crippen LogP contribution is 2.40. The first-order chi connectivity index (χ1) is 16.4. The van der Waals surface area contributed by atoms with Gasteiger partial charge in [0.2, 0.25) is 0 Å². The van der Waals surface area contributed by atoms with E-state index in [1.807, 2.05) is 24.3 Å². The predicted molar refractivity (Wildman–Crippen MR) is 130 cm³/mol. The number of benzene rings is 4. The zero-order chi connectivity index (χ0) is 23.8. The van der Waals surface area contributed by atoms with Gasteiger partial charge in [0.25, 0.3) is 5.91 Å². The van der Waals surface area contributed by atoms with Gasteiger partial charge in [0.15, 0.2) is 0 Å². The number of carbonyl (C=O) groups excluding carboxylic acids is 1. The Morgan fingerprint density at radius 2 is 1.74 bits per heavy atom. The molecule has 0 saturated carbocycles. The normalized spacial score (nSPS) is 13.7. The lowest BCUT2D eigenvalue weighted by Gasteiger charge is -2.16. The third kappa shape index (κ3) is 4.22. The third-order valence-electron chi connectivity index (χ3n) is 5.40. The molecule has 0 fully saturated rings. The van der Waals surface area contributed by atoms with Crippen LogP contribution in [-0.2, 0) is 0 Å². The van der Waals surface area contributed by atoms with Gasteiger partial charge in [0, 0.05) is 22.8 Å². The molecule has 4 aromatic carbocycles. The van der Waals surface area contributed by atoms with Crippen molar-refractivity contribution < 1.29 is 23.4 Å². The zero-order valence-electron chi connectivity index (χ0n) is 17.5. The van der Waals surface area contributed by atoms with Crippen molar-refractivity contribution in [2.24, 2.45) is 0 Å². The number of amides is 1. The van der Waals surface area contributed by atoms with Crippen LogP contribution in [0.3, 0.4) is 0 Å². The summed E-state index contributed by atoms with van der Waals surface area (Å²) in [5, 5.41) is 14.8. The fourth-order valence-corrected chi connectivity index (χ4v) is 4.75. The first kappa shape index (κ1) is 22.3. The van der Waals surface area contributed by atoms with Crippen LogP contribution >= 0.6 is 23.5 Å². The largest absolute Gasteiger partial charge is 0.505 e. The molecule has 4 bridgehead atoms. The number of hydrogen-bond acceptors (Lipinski definition) is 5. The summed E-state index contributed by atoms with van der Waals surface area (Å²) in [6, 6.07) is 16.0. The number of ether oxygens (including phenoxy) is 1. The van der Waals surface area contributed by atoms with Crippen LogP contribution in [0.15, 0.2) is 65.6 Å². The first-order valence-corrected chi connectivity index (χ1v) is 11.5. The predicted octanol–water partition coefficient (Wildman–Crippen LogP) is 6.39. The highest BCUT2D eigenvalue weighted by molar-refractivity contribution is 8.00. The van der Waals surface area contributed by atoms with Gasteiger partial charge >= 0.3 is 0 Å². The maximum Gasteiger partial charge on any atom is 0.251 e. The number of nitrogens with one attached hydrogen (secondary N) is 2. The van der Waals surface area contributed by atoms with Gasteiger partial charge in [0.05, 0.1) is 22.2 Å². The van der Waals surface area contributed by atoms with E-state index in [0.717, 1.165) is 28.8 Å². The standard InChI is InChI=1S/C25H17ClF2N2O3S/c26-18-8-15-10-23(24(18)31)34-30-21-11-16(19(27)12-20(21)28)17-7-13-3-1-2-4-14(13)9-22(17)33-6-5-29-25(15)32/h1-4,7-12,30-31H,5-6H2,(H,29,32). The average Bonchev–Trinajstić information content (AvgIpc) is 2.82. The molecule has 1 aliphatic heterocycles. The molecule has 172 valence electrons. The summed E-state index contributed by atoms with van der Waals surface area (Å²) in [7, 11) is 0. The van der Waals surface area contributed by atoms with E-state index in [9.17, 15) is 18.7 Å². The molecule has 0 aromatic heterocycles. The smallest absolute Gasteiger partial charge is 0.251 e. The van der Waals surface area contributed by atoms with Crippen LogP contribution in [-0.4, -0.2) is 24.2 Å². The molecule has 34 heavy (non-hydrogen) atoms. The molecule has 1 amide bonds. The monoisotopic (exact) mass is 498 g/mol. The van der Waals surface area contributed by atoms with Crippen LogP contribution < -0.4 is 14.8 Å².